The van der Waals surface area contributed by atoms with Gasteiger partial charge < -0.3 is 0 Å². The van der Waals surface area contributed by atoms with E-state index in [1.54, 1.807) is 0 Å². The first-order valence-electron chi connectivity index (χ1n) is 8.02. The van der Waals surface area contributed by atoms with E-state index in [-0.39, 0.29) is 5.78 Å². The molecule has 0 aliphatic heterocycles. The summed E-state index contributed by atoms with van der Waals surface area (Å²) in [4.78, 5) is 13.4. The van der Waals surface area contributed by atoms with E-state index in [1.165, 1.54) is 12.8 Å². The van der Waals surface area contributed by atoms with Crippen molar-refractivity contribution in [3.63, 3.8) is 0 Å². The molecule has 3 rings (SSSR count). The van der Waals surface area contributed by atoms with Crippen LogP contribution in [0.4, 0.5) is 0 Å². The molecule has 1 atom stereocenters. The molecule has 0 radical (unpaired) electrons. The zero-order chi connectivity index (χ0) is 15.4. The number of rotatable bonds is 7. The molecule has 0 amide bonds. The van der Waals surface area contributed by atoms with Crippen molar-refractivity contribution in [2.24, 2.45) is 5.92 Å². The van der Waals surface area contributed by atoms with Crippen LogP contribution in [0.3, 0.4) is 0 Å². The third kappa shape index (κ3) is 2.89. The Balaban J connectivity index is 2.07. The predicted octanol–water partition coefficient (Wildman–Crippen LogP) is 5.18. The van der Waals surface area contributed by atoms with Gasteiger partial charge in [0.1, 0.15) is 0 Å². The van der Waals surface area contributed by atoms with Crippen LogP contribution in [0, 0.1) is 5.92 Å². The number of carbonyl (C=O) groups is 1. The molecule has 1 saturated carbocycles. The van der Waals surface area contributed by atoms with Crippen LogP contribution >= 0.6 is 0 Å². The highest BCUT2D eigenvalue weighted by Gasteiger charge is 2.43. The van der Waals surface area contributed by atoms with Gasteiger partial charge in [-0.3, -0.25) is 4.79 Å². The van der Waals surface area contributed by atoms with Crippen LogP contribution in [-0.4, -0.2) is 5.78 Å². The molecule has 0 unspecified atom stereocenters. The first kappa shape index (κ1) is 14.8. The summed E-state index contributed by atoms with van der Waals surface area (Å²) in [7, 11) is 0. The van der Waals surface area contributed by atoms with Crippen molar-refractivity contribution >= 4 is 5.78 Å². The topological polar surface area (TPSA) is 17.1 Å². The maximum absolute atomic E-state index is 13.4. The van der Waals surface area contributed by atoms with E-state index in [4.69, 9.17) is 0 Å². The average molecular weight is 290 g/mol. The van der Waals surface area contributed by atoms with Crippen molar-refractivity contribution in [2.45, 2.75) is 31.1 Å². The minimum Gasteiger partial charge on any atom is -0.293 e. The molecule has 22 heavy (non-hydrogen) atoms. The Morgan fingerprint density at radius 2 is 1.64 bits per heavy atom. The first-order valence-corrected chi connectivity index (χ1v) is 8.02. The van der Waals surface area contributed by atoms with Crippen molar-refractivity contribution in [2.75, 3.05) is 0 Å². The zero-order valence-electron chi connectivity index (χ0n) is 12.9. The van der Waals surface area contributed by atoms with E-state index in [9.17, 15) is 4.79 Å². The molecule has 0 bridgehead atoms. The number of benzene rings is 2. The maximum atomic E-state index is 13.4. The van der Waals surface area contributed by atoms with E-state index in [0.717, 1.165) is 17.5 Å². The summed E-state index contributed by atoms with van der Waals surface area (Å²) >= 11 is 0. The second-order valence-corrected chi connectivity index (χ2v) is 6.28. The van der Waals surface area contributed by atoms with E-state index in [2.05, 4.69) is 18.7 Å². The van der Waals surface area contributed by atoms with Gasteiger partial charge in [-0.2, -0.15) is 0 Å². The molecule has 1 fully saturated rings. The van der Waals surface area contributed by atoms with Gasteiger partial charge in [0.05, 0.1) is 5.41 Å². The molecule has 2 aromatic carbocycles. The molecule has 0 spiro atoms. The van der Waals surface area contributed by atoms with Crippen LogP contribution in [0.2, 0.25) is 0 Å². The van der Waals surface area contributed by atoms with Gasteiger partial charge in [-0.05, 0) is 24.3 Å². The quantitative estimate of drug-likeness (QED) is 0.507. The largest absolute Gasteiger partial charge is 0.293 e. The highest BCUT2D eigenvalue weighted by molar-refractivity contribution is 6.04. The lowest BCUT2D eigenvalue weighted by atomic mass is 9.68. The van der Waals surface area contributed by atoms with Gasteiger partial charge in [-0.1, -0.05) is 79.6 Å². The summed E-state index contributed by atoms with van der Waals surface area (Å²) in [5.74, 6) is 0.902. The van der Waals surface area contributed by atoms with Crippen LogP contribution in [0.25, 0.3) is 0 Å². The summed E-state index contributed by atoms with van der Waals surface area (Å²) in [6.07, 6.45) is 6.01. The zero-order valence-corrected chi connectivity index (χ0v) is 12.9. The predicted molar refractivity (Wildman–Crippen MR) is 91.0 cm³/mol. The van der Waals surface area contributed by atoms with Gasteiger partial charge >= 0.3 is 0 Å². The van der Waals surface area contributed by atoms with E-state index >= 15 is 0 Å². The smallest absolute Gasteiger partial charge is 0.173 e. The molecule has 0 heterocycles. The lowest BCUT2D eigenvalue weighted by molar-refractivity contribution is 0.0868. The molecule has 0 N–H and O–H groups in total. The van der Waals surface area contributed by atoms with Gasteiger partial charge in [0.15, 0.2) is 5.78 Å². The second-order valence-electron chi connectivity index (χ2n) is 6.28. The van der Waals surface area contributed by atoms with Gasteiger partial charge in [-0.15, -0.1) is 6.58 Å². The summed E-state index contributed by atoms with van der Waals surface area (Å²) < 4.78 is 0. The number of Topliss-reactive ketones (excluding diaryl/α,β-unsaturated/α-hetero) is 1. The monoisotopic (exact) mass is 290 g/mol. The molecular formula is C21H22O. The Labute approximate surface area is 132 Å². The molecule has 1 aliphatic carbocycles. The molecule has 0 saturated heterocycles. The van der Waals surface area contributed by atoms with Gasteiger partial charge in [0, 0.05) is 5.56 Å². The molecule has 0 aromatic heterocycles. The lowest BCUT2D eigenvalue weighted by Gasteiger charge is -2.32. The lowest BCUT2D eigenvalue weighted by Crippen LogP contribution is -2.36. The molecular weight excluding hydrogens is 268 g/mol. The van der Waals surface area contributed by atoms with Crippen molar-refractivity contribution in [3.05, 3.63) is 84.4 Å². The van der Waals surface area contributed by atoms with Crippen LogP contribution in [0.1, 0.15) is 41.6 Å². The fourth-order valence-electron chi connectivity index (χ4n) is 3.32. The Bertz CT molecular complexity index is 640. The van der Waals surface area contributed by atoms with Crippen molar-refractivity contribution in [1.29, 1.82) is 0 Å². The minimum atomic E-state index is -0.467. The van der Waals surface area contributed by atoms with Gasteiger partial charge in [0.25, 0.3) is 0 Å². The fraction of sp³-hybridized carbons (Fsp3) is 0.286. The third-order valence-corrected chi connectivity index (χ3v) is 4.62. The summed E-state index contributed by atoms with van der Waals surface area (Å²) in [5, 5.41) is 0. The summed E-state index contributed by atoms with van der Waals surface area (Å²) in [6.45, 7) is 3.92. The summed E-state index contributed by atoms with van der Waals surface area (Å²) in [5.41, 5.74) is 1.45. The number of carbonyl (C=O) groups excluding carboxylic acids is 1. The summed E-state index contributed by atoms with van der Waals surface area (Å²) in [6, 6.07) is 19.9. The normalized spacial score (nSPS) is 16.7. The highest BCUT2D eigenvalue weighted by Crippen LogP contribution is 2.45. The standard InChI is InChI=1S/C21H22O/c1-2-15-21(16-17-13-14-17,19-11-7-4-8-12-19)20(22)18-9-5-3-6-10-18/h2-12,17H,1,13-16H2/t21-/m0/s1. The fourth-order valence-corrected chi connectivity index (χ4v) is 3.32. The van der Waals surface area contributed by atoms with Crippen molar-refractivity contribution < 1.29 is 4.79 Å². The second kappa shape index (κ2) is 6.31. The van der Waals surface area contributed by atoms with Gasteiger partial charge in [-0.25, -0.2) is 0 Å². The number of allylic oxidation sites excluding steroid dienone is 1. The van der Waals surface area contributed by atoms with E-state index < -0.39 is 5.41 Å². The molecule has 1 aliphatic rings. The average Bonchev–Trinajstić information content (AvgIpc) is 3.39. The Kier molecular flexibility index (Phi) is 4.24. The molecule has 2 aromatic rings. The Morgan fingerprint density at radius 3 is 2.18 bits per heavy atom. The number of ketones is 1. The first-order chi connectivity index (χ1) is 10.8. The van der Waals surface area contributed by atoms with Crippen molar-refractivity contribution in [1.82, 2.24) is 0 Å². The van der Waals surface area contributed by atoms with Crippen LogP contribution in [0.15, 0.2) is 73.3 Å². The van der Waals surface area contributed by atoms with Crippen LogP contribution in [-0.2, 0) is 5.41 Å². The molecule has 1 heteroatoms. The minimum absolute atomic E-state index is 0.228. The number of hydrogen-bond acceptors (Lipinski definition) is 1. The SMILES string of the molecule is C=CC[C@@](CC1CC1)(C(=O)c1ccccc1)c1ccccc1. The van der Waals surface area contributed by atoms with Crippen LogP contribution in [0.5, 0.6) is 0 Å². The van der Waals surface area contributed by atoms with E-state index in [1.807, 2.05) is 54.6 Å². The highest BCUT2D eigenvalue weighted by atomic mass is 16.1. The molecule has 112 valence electrons. The van der Waals surface area contributed by atoms with Crippen molar-refractivity contribution in [3.8, 4) is 0 Å². The maximum Gasteiger partial charge on any atom is 0.173 e. The van der Waals surface area contributed by atoms with E-state index in [0.29, 0.717) is 12.3 Å². The number of hydrogen-bond donors (Lipinski definition) is 0. The Morgan fingerprint density at radius 1 is 1.05 bits per heavy atom. The third-order valence-electron chi connectivity index (χ3n) is 4.62. The van der Waals surface area contributed by atoms with Crippen LogP contribution < -0.4 is 0 Å². The van der Waals surface area contributed by atoms with Gasteiger partial charge in [0.2, 0.25) is 0 Å². The Hall–Kier alpha value is -2.15. The molecule has 1 nitrogen and oxygen atoms in total.